The van der Waals surface area contributed by atoms with E-state index in [-0.39, 0.29) is 6.67 Å². The van der Waals surface area contributed by atoms with Crippen molar-refractivity contribution in [2.75, 3.05) is 13.3 Å². The van der Waals surface area contributed by atoms with Crippen LogP contribution in [0.5, 0.6) is 5.75 Å². The second-order valence-corrected chi connectivity index (χ2v) is 3.90. The molecule has 0 saturated heterocycles. The summed E-state index contributed by atoms with van der Waals surface area (Å²) in [7, 11) is 0. The fourth-order valence-corrected chi connectivity index (χ4v) is 1.76. The molecule has 1 aromatic carbocycles. The van der Waals surface area contributed by atoms with Gasteiger partial charge in [-0.1, -0.05) is 15.9 Å². The monoisotopic (exact) mass is 280 g/mol. The number of halogens is 3. The van der Waals surface area contributed by atoms with Crippen molar-refractivity contribution in [2.45, 2.75) is 12.3 Å². The maximum atomic E-state index is 11.8. The fourth-order valence-electron chi connectivity index (χ4n) is 0.988. The highest BCUT2D eigenvalue weighted by Gasteiger charge is 2.01. The summed E-state index contributed by atoms with van der Waals surface area (Å²) in [5.41, 5.74) is 0.976. The van der Waals surface area contributed by atoms with Crippen LogP contribution in [0.2, 0.25) is 0 Å². The van der Waals surface area contributed by atoms with Gasteiger partial charge in [-0.2, -0.15) is 0 Å². The van der Waals surface area contributed by atoms with E-state index in [1.165, 1.54) is 0 Å². The molecule has 0 bridgehead atoms. The van der Waals surface area contributed by atoms with Gasteiger partial charge in [-0.25, -0.2) is 0 Å². The van der Waals surface area contributed by atoms with E-state index in [0.29, 0.717) is 18.9 Å². The van der Waals surface area contributed by atoms with E-state index in [9.17, 15) is 4.39 Å². The summed E-state index contributed by atoms with van der Waals surface area (Å²) < 4.78 is 18.1. The summed E-state index contributed by atoms with van der Waals surface area (Å²) in [6, 6.07) is 5.57. The van der Waals surface area contributed by atoms with E-state index in [0.717, 1.165) is 15.8 Å². The molecule has 1 aromatic rings. The standard InChI is InChI=1S/C10H11BrClFO/c11-10-3-2-9(6-8(10)7-12)14-5-1-4-13/h2-3,6H,1,4-5,7H2. The van der Waals surface area contributed by atoms with Crippen LogP contribution in [0.4, 0.5) is 4.39 Å². The molecular formula is C10H11BrClFO. The first-order valence-corrected chi connectivity index (χ1v) is 5.64. The smallest absolute Gasteiger partial charge is 0.119 e. The molecule has 4 heteroatoms. The molecule has 0 spiro atoms. The van der Waals surface area contributed by atoms with Crippen LogP contribution in [0.25, 0.3) is 0 Å². The molecule has 0 amide bonds. The molecule has 0 aliphatic heterocycles. The minimum Gasteiger partial charge on any atom is -0.493 e. The van der Waals surface area contributed by atoms with Crippen LogP contribution in [0, 0.1) is 0 Å². The Morgan fingerprint density at radius 1 is 1.43 bits per heavy atom. The largest absolute Gasteiger partial charge is 0.493 e. The third-order valence-corrected chi connectivity index (χ3v) is 2.77. The SMILES string of the molecule is FCCCOc1ccc(Br)c(CCl)c1. The Morgan fingerprint density at radius 2 is 2.21 bits per heavy atom. The molecule has 0 radical (unpaired) electrons. The van der Waals surface area contributed by atoms with E-state index >= 15 is 0 Å². The van der Waals surface area contributed by atoms with Crippen LogP contribution in [-0.4, -0.2) is 13.3 Å². The Hall–Kier alpha value is -0.280. The first-order chi connectivity index (χ1) is 6.77. The predicted octanol–water partition coefficient (Wildman–Crippen LogP) is 3.93. The minimum atomic E-state index is -0.348. The maximum absolute atomic E-state index is 11.8. The summed E-state index contributed by atoms with van der Waals surface area (Å²) in [4.78, 5) is 0. The van der Waals surface area contributed by atoms with Crippen molar-refractivity contribution in [1.29, 1.82) is 0 Å². The van der Waals surface area contributed by atoms with Crippen molar-refractivity contribution < 1.29 is 9.13 Å². The number of hydrogen-bond acceptors (Lipinski definition) is 1. The summed E-state index contributed by atoms with van der Waals surface area (Å²) in [6.07, 6.45) is 0.423. The average Bonchev–Trinajstić information content (AvgIpc) is 2.21. The lowest BCUT2D eigenvalue weighted by atomic mass is 10.2. The van der Waals surface area contributed by atoms with Gasteiger partial charge in [-0.15, -0.1) is 11.6 Å². The van der Waals surface area contributed by atoms with Gasteiger partial charge in [0, 0.05) is 16.8 Å². The molecule has 0 heterocycles. The number of ether oxygens (including phenoxy) is 1. The summed E-state index contributed by atoms with van der Waals surface area (Å²) >= 11 is 9.09. The maximum Gasteiger partial charge on any atom is 0.119 e. The lowest BCUT2D eigenvalue weighted by Crippen LogP contribution is -1.98. The number of rotatable bonds is 5. The van der Waals surface area contributed by atoms with Gasteiger partial charge >= 0.3 is 0 Å². The van der Waals surface area contributed by atoms with Gasteiger partial charge in [0.05, 0.1) is 13.3 Å². The zero-order valence-electron chi connectivity index (χ0n) is 7.60. The first kappa shape index (κ1) is 11.8. The van der Waals surface area contributed by atoms with Crippen LogP contribution in [-0.2, 0) is 5.88 Å². The zero-order valence-corrected chi connectivity index (χ0v) is 9.94. The quantitative estimate of drug-likeness (QED) is 0.587. The van der Waals surface area contributed by atoms with Gasteiger partial charge in [0.25, 0.3) is 0 Å². The second kappa shape index (κ2) is 6.25. The van der Waals surface area contributed by atoms with Crippen LogP contribution in [0.15, 0.2) is 22.7 Å². The molecular weight excluding hydrogens is 270 g/mol. The normalized spacial score (nSPS) is 10.2. The molecule has 1 rings (SSSR count). The van der Waals surface area contributed by atoms with Gasteiger partial charge in [0.1, 0.15) is 5.75 Å². The van der Waals surface area contributed by atoms with E-state index in [1.54, 1.807) is 0 Å². The molecule has 0 aliphatic carbocycles. The first-order valence-electron chi connectivity index (χ1n) is 4.31. The fraction of sp³-hybridized carbons (Fsp3) is 0.400. The van der Waals surface area contributed by atoms with Gasteiger partial charge in [-0.3, -0.25) is 4.39 Å². The van der Waals surface area contributed by atoms with Gasteiger partial charge in [-0.05, 0) is 23.8 Å². The molecule has 1 nitrogen and oxygen atoms in total. The summed E-state index contributed by atoms with van der Waals surface area (Å²) in [6.45, 7) is 0.0543. The second-order valence-electron chi connectivity index (χ2n) is 2.78. The third kappa shape index (κ3) is 3.46. The Kier molecular flexibility index (Phi) is 5.26. The Balaban J connectivity index is 2.60. The minimum absolute atomic E-state index is 0.348. The molecule has 78 valence electrons. The zero-order chi connectivity index (χ0) is 10.4. The Labute approximate surface area is 96.3 Å². The highest BCUT2D eigenvalue weighted by atomic mass is 79.9. The van der Waals surface area contributed by atoms with Gasteiger partial charge < -0.3 is 4.74 Å². The van der Waals surface area contributed by atoms with Crippen molar-refractivity contribution >= 4 is 27.5 Å². The number of hydrogen-bond donors (Lipinski definition) is 0. The van der Waals surface area contributed by atoms with Crippen molar-refractivity contribution in [3.63, 3.8) is 0 Å². The van der Waals surface area contributed by atoms with Crippen LogP contribution in [0.1, 0.15) is 12.0 Å². The number of benzene rings is 1. The van der Waals surface area contributed by atoms with Crippen molar-refractivity contribution in [1.82, 2.24) is 0 Å². The van der Waals surface area contributed by atoms with Crippen molar-refractivity contribution in [2.24, 2.45) is 0 Å². The van der Waals surface area contributed by atoms with Crippen molar-refractivity contribution in [3.8, 4) is 5.75 Å². The Morgan fingerprint density at radius 3 is 2.86 bits per heavy atom. The molecule has 0 saturated carbocycles. The molecule has 14 heavy (non-hydrogen) atoms. The Bertz CT molecular complexity index is 293. The highest BCUT2D eigenvalue weighted by Crippen LogP contribution is 2.23. The van der Waals surface area contributed by atoms with Crippen LogP contribution < -0.4 is 4.74 Å². The van der Waals surface area contributed by atoms with Crippen LogP contribution in [0.3, 0.4) is 0 Å². The van der Waals surface area contributed by atoms with E-state index in [2.05, 4.69) is 15.9 Å². The van der Waals surface area contributed by atoms with Gasteiger partial charge in [0.15, 0.2) is 0 Å². The molecule has 0 aliphatic rings. The lowest BCUT2D eigenvalue weighted by molar-refractivity contribution is 0.289. The van der Waals surface area contributed by atoms with Gasteiger partial charge in [0.2, 0.25) is 0 Å². The molecule has 0 atom stereocenters. The molecule has 0 N–H and O–H groups in total. The number of alkyl halides is 2. The molecule has 0 fully saturated rings. The van der Waals surface area contributed by atoms with E-state index < -0.39 is 0 Å². The van der Waals surface area contributed by atoms with Crippen molar-refractivity contribution in [3.05, 3.63) is 28.2 Å². The summed E-state index contributed by atoms with van der Waals surface area (Å²) in [5.74, 6) is 1.17. The lowest BCUT2D eigenvalue weighted by Gasteiger charge is -2.07. The molecule has 0 unspecified atom stereocenters. The molecule has 0 aromatic heterocycles. The van der Waals surface area contributed by atoms with E-state index in [4.69, 9.17) is 16.3 Å². The average molecular weight is 282 g/mol. The van der Waals surface area contributed by atoms with E-state index in [1.807, 2.05) is 18.2 Å². The predicted molar refractivity (Wildman–Crippen MR) is 59.8 cm³/mol. The topological polar surface area (TPSA) is 9.23 Å². The highest BCUT2D eigenvalue weighted by molar-refractivity contribution is 9.10. The van der Waals surface area contributed by atoms with Crippen LogP contribution >= 0.6 is 27.5 Å². The summed E-state index contributed by atoms with van der Waals surface area (Å²) in [5, 5.41) is 0. The third-order valence-electron chi connectivity index (χ3n) is 1.71.